The largest absolute Gasteiger partial charge is 0.416 e. The molecule has 0 aliphatic rings. The van der Waals surface area contributed by atoms with Crippen LogP contribution >= 0.6 is 11.8 Å². The fourth-order valence-corrected chi connectivity index (χ4v) is 2.65. The van der Waals surface area contributed by atoms with Crippen molar-refractivity contribution >= 4 is 29.0 Å². The summed E-state index contributed by atoms with van der Waals surface area (Å²) in [5.41, 5.74) is 4.65. The van der Waals surface area contributed by atoms with Gasteiger partial charge in [0.1, 0.15) is 0 Å². The number of para-hydroxylation sites is 2. The standard InChI is InChI=1S/C17H16N4O2S/c1-13-18-19-17(23-13)24-12-16(22)20-21(14-8-4-2-5-9-14)15-10-6-3-7-11-15/h2-11H,12H2,1H3,(H,20,22). The maximum Gasteiger partial charge on any atom is 0.277 e. The summed E-state index contributed by atoms with van der Waals surface area (Å²) >= 11 is 1.20. The molecule has 1 amide bonds. The maximum absolute atomic E-state index is 12.3. The van der Waals surface area contributed by atoms with Crippen LogP contribution in [0.1, 0.15) is 5.89 Å². The molecule has 3 rings (SSSR count). The number of thioether (sulfide) groups is 1. The lowest BCUT2D eigenvalue weighted by Crippen LogP contribution is -2.39. The smallest absolute Gasteiger partial charge is 0.277 e. The number of aromatic nitrogens is 2. The van der Waals surface area contributed by atoms with Gasteiger partial charge in [0.15, 0.2) is 0 Å². The summed E-state index contributed by atoms with van der Waals surface area (Å²) in [5.74, 6) is 0.495. The van der Waals surface area contributed by atoms with E-state index in [1.165, 1.54) is 11.8 Å². The van der Waals surface area contributed by atoms with Gasteiger partial charge in [-0.1, -0.05) is 48.2 Å². The summed E-state index contributed by atoms with van der Waals surface area (Å²) in [6.07, 6.45) is 0. The summed E-state index contributed by atoms with van der Waals surface area (Å²) in [6.45, 7) is 1.71. The van der Waals surface area contributed by atoms with E-state index >= 15 is 0 Å². The summed E-state index contributed by atoms with van der Waals surface area (Å²) in [5, 5.41) is 9.74. The van der Waals surface area contributed by atoms with Crippen LogP contribution < -0.4 is 10.4 Å². The van der Waals surface area contributed by atoms with Gasteiger partial charge >= 0.3 is 0 Å². The minimum absolute atomic E-state index is 0.163. The molecule has 0 spiro atoms. The Bertz CT molecular complexity index is 753. The lowest BCUT2D eigenvalue weighted by Gasteiger charge is -2.25. The van der Waals surface area contributed by atoms with Crippen molar-refractivity contribution in [3.63, 3.8) is 0 Å². The molecule has 1 heterocycles. The van der Waals surface area contributed by atoms with Crippen molar-refractivity contribution in [2.24, 2.45) is 0 Å². The number of benzene rings is 2. The van der Waals surface area contributed by atoms with Gasteiger partial charge in [-0.2, -0.15) is 0 Å². The molecule has 24 heavy (non-hydrogen) atoms. The van der Waals surface area contributed by atoms with Gasteiger partial charge in [0.05, 0.1) is 17.1 Å². The average Bonchev–Trinajstić information content (AvgIpc) is 3.05. The molecular weight excluding hydrogens is 324 g/mol. The summed E-state index contributed by atoms with van der Waals surface area (Å²) < 4.78 is 5.26. The highest BCUT2D eigenvalue weighted by molar-refractivity contribution is 7.99. The lowest BCUT2D eigenvalue weighted by atomic mass is 10.2. The van der Waals surface area contributed by atoms with Crippen LogP contribution in [0.5, 0.6) is 0 Å². The number of rotatable bonds is 6. The Kier molecular flexibility index (Phi) is 5.12. The third-order valence-corrected chi connectivity index (χ3v) is 3.92. The van der Waals surface area contributed by atoms with Gasteiger partial charge in [0.2, 0.25) is 11.8 Å². The molecule has 0 bridgehead atoms. The van der Waals surface area contributed by atoms with Gasteiger partial charge in [-0.05, 0) is 24.3 Å². The van der Waals surface area contributed by atoms with E-state index in [2.05, 4.69) is 15.6 Å². The molecule has 2 aromatic carbocycles. The van der Waals surface area contributed by atoms with Gasteiger partial charge in [-0.25, -0.2) is 0 Å². The molecule has 1 N–H and O–H groups in total. The zero-order valence-corrected chi connectivity index (χ0v) is 13.9. The van der Waals surface area contributed by atoms with E-state index in [4.69, 9.17) is 4.42 Å². The van der Waals surface area contributed by atoms with E-state index in [0.717, 1.165) is 11.4 Å². The fourth-order valence-electron chi connectivity index (χ4n) is 2.05. The number of hydrogen-bond donors (Lipinski definition) is 1. The predicted molar refractivity (Wildman–Crippen MR) is 92.9 cm³/mol. The Morgan fingerprint density at radius 1 is 1.04 bits per heavy atom. The summed E-state index contributed by atoms with van der Waals surface area (Å²) in [7, 11) is 0. The van der Waals surface area contributed by atoms with Crippen molar-refractivity contribution in [1.82, 2.24) is 15.6 Å². The predicted octanol–water partition coefficient (Wildman–Crippen LogP) is 3.34. The van der Waals surface area contributed by atoms with Crippen molar-refractivity contribution in [2.45, 2.75) is 12.1 Å². The van der Waals surface area contributed by atoms with Crippen molar-refractivity contribution in [2.75, 3.05) is 10.8 Å². The molecule has 6 nitrogen and oxygen atoms in total. The van der Waals surface area contributed by atoms with Crippen LogP contribution in [0.3, 0.4) is 0 Å². The first-order chi connectivity index (χ1) is 11.7. The number of carbonyl (C=O) groups excluding carboxylic acids is 1. The Hall–Kier alpha value is -2.80. The summed E-state index contributed by atoms with van der Waals surface area (Å²) in [4.78, 5) is 12.3. The first-order valence-electron chi connectivity index (χ1n) is 7.35. The van der Waals surface area contributed by atoms with Crippen LogP contribution in [0.25, 0.3) is 0 Å². The molecule has 0 fully saturated rings. The van der Waals surface area contributed by atoms with E-state index in [9.17, 15) is 4.79 Å². The topological polar surface area (TPSA) is 71.3 Å². The molecule has 0 aliphatic heterocycles. The first-order valence-corrected chi connectivity index (χ1v) is 8.33. The number of carbonyl (C=O) groups is 1. The molecule has 0 saturated carbocycles. The number of aryl methyl sites for hydroxylation is 1. The number of hydrogen-bond acceptors (Lipinski definition) is 6. The molecule has 0 radical (unpaired) electrons. The maximum atomic E-state index is 12.3. The van der Waals surface area contributed by atoms with Crippen LogP contribution in [0.15, 0.2) is 70.3 Å². The van der Waals surface area contributed by atoms with Crippen LogP contribution in [-0.2, 0) is 4.79 Å². The summed E-state index contributed by atoms with van der Waals surface area (Å²) in [6, 6.07) is 19.3. The SMILES string of the molecule is Cc1nnc(SCC(=O)NN(c2ccccc2)c2ccccc2)o1. The van der Waals surface area contributed by atoms with Crippen LogP contribution in [0.4, 0.5) is 11.4 Å². The van der Waals surface area contributed by atoms with Gasteiger partial charge in [0, 0.05) is 6.92 Å². The normalized spacial score (nSPS) is 10.4. The van der Waals surface area contributed by atoms with E-state index in [1.54, 1.807) is 11.9 Å². The highest BCUT2D eigenvalue weighted by atomic mass is 32.2. The Morgan fingerprint density at radius 2 is 1.62 bits per heavy atom. The lowest BCUT2D eigenvalue weighted by molar-refractivity contribution is -0.118. The average molecular weight is 340 g/mol. The number of anilines is 2. The van der Waals surface area contributed by atoms with E-state index in [-0.39, 0.29) is 11.7 Å². The van der Waals surface area contributed by atoms with Gasteiger partial charge in [-0.15, -0.1) is 10.2 Å². The minimum Gasteiger partial charge on any atom is -0.416 e. The second-order valence-corrected chi connectivity index (χ2v) is 5.84. The van der Waals surface area contributed by atoms with E-state index in [1.807, 2.05) is 60.7 Å². The third-order valence-electron chi connectivity index (χ3n) is 3.10. The number of amides is 1. The van der Waals surface area contributed by atoms with Crippen molar-refractivity contribution in [3.05, 3.63) is 66.6 Å². The highest BCUT2D eigenvalue weighted by Gasteiger charge is 2.14. The molecule has 0 aliphatic carbocycles. The van der Waals surface area contributed by atoms with Gasteiger partial charge < -0.3 is 4.42 Å². The second-order valence-electron chi connectivity index (χ2n) is 4.92. The zero-order chi connectivity index (χ0) is 16.8. The fraction of sp³-hybridized carbons (Fsp3) is 0.118. The van der Waals surface area contributed by atoms with Crippen molar-refractivity contribution in [1.29, 1.82) is 0 Å². The molecule has 7 heteroatoms. The molecule has 0 saturated heterocycles. The Morgan fingerprint density at radius 3 is 2.12 bits per heavy atom. The van der Waals surface area contributed by atoms with Crippen LogP contribution in [-0.4, -0.2) is 21.9 Å². The molecule has 0 unspecified atom stereocenters. The monoisotopic (exact) mass is 340 g/mol. The molecular formula is C17H16N4O2S. The number of nitrogens with one attached hydrogen (secondary N) is 1. The van der Waals surface area contributed by atoms with Crippen LogP contribution in [0, 0.1) is 6.92 Å². The number of nitrogens with zero attached hydrogens (tertiary/aromatic N) is 3. The quantitative estimate of drug-likeness (QED) is 0.548. The van der Waals surface area contributed by atoms with E-state index in [0.29, 0.717) is 11.1 Å². The molecule has 3 aromatic rings. The Balaban J connectivity index is 1.71. The third kappa shape index (κ3) is 4.14. The van der Waals surface area contributed by atoms with Gasteiger partial charge in [0.25, 0.3) is 5.22 Å². The zero-order valence-electron chi connectivity index (χ0n) is 13.0. The van der Waals surface area contributed by atoms with Crippen molar-refractivity contribution in [3.8, 4) is 0 Å². The minimum atomic E-state index is -0.163. The van der Waals surface area contributed by atoms with Crippen LogP contribution in [0.2, 0.25) is 0 Å². The molecule has 1 aromatic heterocycles. The first kappa shape index (κ1) is 16.1. The second kappa shape index (κ2) is 7.65. The van der Waals surface area contributed by atoms with E-state index < -0.39 is 0 Å². The number of hydrazine groups is 1. The molecule has 0 atom stereocenters. The Labute approximate surface area is 143 Å². The van der Waals surface area contributed by atoms with Gasteiger partial charge in [-0.3, -0.25) is 15.2 Å². The molecule has 122 valence electrons. The van der Waals surface area contributed by atoms with Crippen molar-refractivity contribution < 1.29 is 9.21 Å². The highest BCUT2D eigenvalue weighted by Crippen LogP contribution is 2.23.